The Hall–Kier alpha value is -0.750. The standard InChI is InChI=1S/C7H10BrN3O2/c1-11-6(7(8)9-10-11)5(12)3-4-13-2/h3-4H2,1-2H3. The molecule has 6 heteroatoms. The van der Waals surface area contributed by atoms with Crippen LogP contribution in [0.1, 0.15) is 16.9 Å². The number of hydrogen-bond acceptors (Lipinski definition) is 4. The molecule has 0 radical (unpaired) electrons. The van der Waals surface area contributed by atoms with Crippen LogP contribution in [0.5, 0.6) is 0 Å². The van der Waals surface area contributed by atoms with Gasteiger partial charge in [-0.2, -0.15) is 0 Å². The van der Waals surface area contributed by atoms with Gasteiger partial charge in [-0.05, 0) is 15.9 Å². The molecule has 0 saturated heterocycles. The minimum Gasteiger partial charge on any atom is -0.384 e. The Morgan fingerprint density at radius 2 is 2.38 bits per heavy atom. The van der Waals surface area contributed by atoms with Crippen molar-refractivity contribution in [2.75, 3.05) is 13.7 Å². The molecule has 0 aliphatic carbocycles. The van der Waals surface area contributed by atoms with E-state index >= 15 is 0 Å². The summed E-state index contributed by atoms with van der Waals surface area (Å²) in [7, 11) is 3.24. The van der Waals surface area contributed by atoms with Gasteiger partial charge < -0.3 is 4.74 Å². The van der Waals surface area contributed by atoms with E-state index in [2.05, 4.69) is 26.2 Å². The second-order valence-corrected chi connectivity index (χ2v) is 3.27. The summed E-state index contributed by atoms with van der Waals surface area (Å²) in [5.74, 6) is -0.0266. The van der Waals surface area contributed by atoms with E-state index in [1.165, 1.54) is 4.68 Å². The van der Waals surface area contributed by atoms with Crippen LogP contribution >= 0.6 is 15.9 Å². The maximum absolute atomic E-state index is 11.5. The van der Waals surface area contributed by atoms with Gasteiger partial charge in [-0.3, -0.25) is 4.79 Å². The number of halogens is 1. The predicted molar refractivity (Wildman–Crippen MR) is 49.5 cm³/mol. The number of carbonyl (C=O) groups excluding carboxylic acids is 1. The highest BCUT2D eigenvalue weighted by Gasteiger charge is 2.15. The third-order valence-electron chi connectivity index (χ3n) is 1.58. The zero-order chi connectivity index (χ0) is 9.84. The van der Waals surface area contributed by atoms with Crippen LogP contribution in [0.2, 0.25) is 0 Å². The molecule has 0 spiro atoms. The lowest BCUT2D eigenvalue weighted by atomic mass is 10.2. The smallest absolute Gasteiger partial charge is 0.186 e. The van der Waals surface area contributed by atoms with Crippen LogP contribution in [0.15, 0.2) is 4.60 Å². The van der Waals surface area contributed by atoms with Crippen LogP contribution in [0.3, 0.4) is 0 Å². The molecule has 0 aliphatic heterocycles. The van der Waals surface area contributed by atoms with Crippen LogP contribution < -0.4 is 0 Å². The summed E-state index contributed by atoms with van der Waals surface area (Å²) in [6.45, 7) is 0.413. The van der Waals surface area contributed by atoms with E-state index in [1.54, 1.807) is 14.2 Å². The summed E-state index contributed by atoms with van der Waals surface area (Å²) in [4.78, 5) is 11.5. The molecule has 0 aromatic carbocycles. The Balaban J connectivity index is 2.76. The molecule has 0 saturated carbocycles. The number of nitrogens with zero attached hydrogens (tertiary/aromatic N) is 3. The number of ketones is 1. The molecule has 0 amide bonds. The molecule has 0 aliphatic rings. The van der Waals surface area contributed by atoms with Gasteiger partial charge in [0, 0.05) is 20.6 Å². The van der Waals surface area contributed by atoms with Crippen molar-refractivity contribution >= 4 is 21.7 Å². The minimum absolute atomic E-state index is 0.0266. The first-order valence-electron chi connectivity index (χ1n) is 3.74. The van der Waals surface area contributed by atoms with Crippen LogP contribution in [0.4, 0.5) is 0 Å². The van der Waals surface area contributed by atoms with Gasteiger partial charge in [-0.25, -0.2) is 4.68 Å². The van der Waals surface area contributed by atoms with Gasteiger partial charge >= 0.3 is 0 Å². The van der Waals surface area contributed by atoms with Crippen LogP contribution in [0.25, 0.3) is 0 Å². The van der Waals surface area contributed by atoms with Crippen molar-refractivity contribution in [1.29, 1.82) is 0 Å². The summed E-state index contributed by atoms with van der Waals surface area (Å²) in [5.41, 5.74) is 0.483. The average molecular weight is 248 g/mol. The Morgan fingerprint density at radius 3 is 2.85 bits per heavy atom. The monoisotopic (exact) mass is 247 g/mol. The van der Waals surface area contributed by atoms with Crippen LogP contribution in [-0.2, 0) is 11.8 Å². The van der Waals surface area contributed by atoms with E-state index in [9.17, 15) is 4.79 Å². The second-order valence-electron chi connectivity index (χ2n) is 2.52. The fraction of sp³-hybridized carbons (Fsp3) is 0.571. The quantitative estimate of drug-likeness (QED) is 0.739. The largest absolute Gasteiger partial charge is 0.384 e. The number of hydrogen-bond donors (Lipinski definition) is 0. The van der Waals surface area contributed by atoms with Gasteiger partial charge in [0.1, 0.15) is 5.69 Å². The highest BCUT2D eigenvalue weighted by atomic mass is 79.9. The van der Waals surface area contributed by atoms with Crippen molar-refractivity contribution in [1.82, 2.24) is 15.0 Å². The molecule has 0 N–H and O–H groups in total. The van der Waals surface area contributed by atoms with E-state index in [0.717, 1.165) is 0 Å². The number of Topliss-reactive ketones (excluding diaryl/α,β-unsaturated/α-hetero) is 1. The first-order valence-corrected chi connectivity index (χ1v) is 4.53. The first-order chi connectivity index (χ1) is 6.16. The SMILES string of the molecule is COCCC(=O)c1c(Br)nnn1C. The van der Waals surface area contributed by atoms with Crippen LogP contribution in [0, 0.1) is 0 Å². The molecular weight excluding hydrogens is 238 g/mol. The Labute approximate surface area is 84.2 Å². The summed E-state index contributed by atoms with van der Waals surface area (Å²) >= 11 is 3.15. The van der Waals surface area contributed by atoms with Crippen molar-refractivity contribution in [2.24, 2.45) is 7.05 Å². The van der Waals surface area contributed by atoms with Gasteiger partial charge in [0.05, 0.1) is 6.61 Å². The molecule has 5 nitrogen and oxygen atoms in total. The Morgan fingerprint density at radius 1 is 1.69 bits per heavy atom. The summed E-state index contributed by atoms with van der Waals surface area (Å²) in [6, 6.07) is 0. The fourth-order valence-corrected chi connectivity index (χ4v) is 1.49. The molecule has 1 rings (SSSR count). The summed E-state index contributed by atoms with van der Waals surface area (Å²) in [6.07, 6.45) is 0.344. The topological polar surface area (TPSA) is 57.0 Å². The number of aryl methyl sites for hydroxylation is 1. The number of ether oxygens (including phenoxy) is 1. The minimum atomic E-state index is -0.0266. The second kappa shape index (κ2) is 4.48. The average Bonchev–Trinajstić information content (AvgIpc) is 2.42. The predicted octanol–water partition coefficient (Wildman–Crippen LogP) is 0.797. The lowest BCUT2D eigenvalue weighted by Crippen LogP contribution is -2.09. The van der Waals surface area contributed by atoms with E-state index in [4.69, 9.17) is 4.74 Å². The normalized spacial score (nSPS) is 10.4. The summed E-state index contributed by atoms with van der Waals surface area (Å²) < 4.78 is 6.73. The third kappa shape index (κ3) is 2.35. The molecular formula is C7H10BrN3O2. The third-order valence-corrected chi connectivity index (χ3v) is 2.12. The van der Waals surface area contributed by atoms with Gasteiger partial charge in [0.25, 0.3) is 0 Å². The molecule has 0 fully saturated rings. The molecule has 13 heavy (non-hydrogen) atoms. The molecule has 72 valence electrons. The molecule has 0 bridgehead atoms. The van der Waals surface area contributed by atoms with E-state index in [1.807, 2.05) is 0 Å². The zero-order valence-electron chi connectivity index (χ0n) is 7.45. The highest BCUT2D eigenvalue weighted by molar-refractivity contribution is 9.10. The number of rotatable bonds is 4. The van der Waals surface area contributed by atoms with Gasteiger partial charge in [0.2, 0.25) is 0 Å². The van der Waals surface area contributed by atoms with Crippen molar-refractivity contribution in [3.8, 4) is 0 Å². The van der Waals surface area contributed by atoms with Gasteiger partial charge in [0.15, 0.2) is 10.4 Å². The molecule has 1 aromatic heterocycles. The summed E-state index contributed by atoms with van der Waals surface area (Å²) in [5, 5.41) is 7.42. The van der Waals surface area contributed by atoms with Crippen molar-refractivity contribution in [2.45, 2.75) is 6.42 Å². The number of aromatic nitrogens is 3. The highest BCUT2D eigenvalue weighted by Crippen LogP contribution is 2.13. The molecule has 1 aromatic rings. The Bertz CT molecular complexity index is 291. The van der Waals surface area contributed by atoms with Crippen LogP contribution in [-0.4, -0.2) is 34.5 Å². The lowest BCUT2D eigenvalue weighted by Gasteiger charge is -1.99. The fourth-order valence-electron chi connectivity index (χ4n) is 0.941. The van der Waals surface area contributed by atoms with E-state index in [0.29, 0.717) is 23.3 Å². The zero-order valence-corrected chi connectivity index (χ0v) is 9.04. The number of methoxy groups -OCH3 is 1. The van der Waals surface area contributed by atoms with Gasteiger partial charge in [-0.15, -0.1) is 5.10 Å². The molecule has 0 unspecified atom stereocenters. The van der Waals surface area contributed by atoms with Crippen molar-refractivity contribution in [3.63, 3.8) is 0 Å². The lowest BCUT2D eigenvalue weighted by molar-refractivity contribution is 0.0922. The van der Waals surface area contributed by atoms with E-state index < -0.39 is 0 Å². The maximum Gasteiger partial charge on any atom is 0.186 e. The van der Waals surface area contributed by atoms with E-state index in [-0.39, 0.29) is 5.78 Å². The maximum atomic E-state index is 11.5. The Kier molecular flexibility index (Phi) is 3.56. The van der Waals surface area contributed by atoms with Crippen molar-refractivity contribution in [3.05, 3.63) is 10.3 Å². The molecule has 1 heterocycles. The number of carbonyl (C=O) groups is 1. The van der Waals surface area contributed by atoms with Gasteiger partial charge in [-0.1, -0.05) is 5.21 Å². The van der Waals surface area contributed by atoms with Crippen molar-refractivity contribution < 1.29 is 9.53 Å². The molecule has 0 atom stereocenters. The first kappa shape index (κ1) is 10.3.